The zero-order valence-corrected chi connectivity index (χ0v) is 11.3. The van der Waals surface area contributed by atoms with Crippen LogP contribution in [0.25, 0.3) is 0 Å². The molecule has 0 fully saturated rings. The Bertz CT molecular complexity index is 671. The number of imidazole rings is 1. The van der Waals surface area contributed by atoms with Crippen LogP contribution in [0.15, 0.2) is 35.5 Å². The van der Waals surface area contributed by atoms with E-state index in [0.717, 1.165) is 12.1 Å². The van der Waals surface area contributed by atoms with Crippen molar-refractivity contribution in [2.45, 2.75) is 17.9 Å². The van der Waals surface area contributed by atoms with Gasteiger partial charge in [0.15, 0.2) is 0 Å². The SMILES string of the molecule is O=S(=O)(NCCc1ncc[nH]1)c1ccc(CO)cc1F. The third-order valence-electron chi connectivity index (χ3n) is 2.68. The molecule has 20 heavy (non-hydrogen) atoms. The van der Waals surface area contributed by atoms with Crippen LogP contribution >= 0.6 is 0 Å². The fourth-order valence-electron chi connectivity index (χ4n) is 1.68. The number of aromatic nitrogens is 2. The van der Waals surface area contributed by atoms with Crippen molar-refractivity contribution in [2.75, 3.05) is 6.54 Å². The summed E-state index contributed by atoms with van der Waals surface area (Å²) in [4.78, 5) is 6.36. The lowest BCUT2D eigenvalue weighted by atomic mass is 10.2. The molecule has 1 aromatic heterocycles. The molecule has 0 aliphatic carbocycles. The van der Waals surface area contributed by atoms with Gasteiger partial charge in [0.1, 0.15) is 16.5 Å². The topological polar surface area (TPSA) is 95.1 Å². The molecule has 0 saturated carbocycles. The highest BCUT2D eigenvalue weighted by molar-refractivity contribution is 7.89. The average Bonchev–Trinajstić information content (AvgIpc) is 2.91. The third-order valence-corrected chi connectivity index (χ3v) is 4.17. The summed E-state index contributed by atoms with van der Waals surface area (Å²) in [6.45, 7) is -0.236. The van der Waals surface area contributed by atoms with Crippen molar-refractivity contribution in [1.29, 1.82) is 0 Å². The number of hydrogen-bond acceptors (Lipinski definition) is 4. The predicted molar refractivity (Wildman–Crippen MR) is 69.8 cm³/mol. The summed E-state index contributed by atoms with van der Waals surface area (Å²) in [6.07, 6.45) is 3.58. The second-order valence-corrected chi connectivity index (χ2v) is 5.84. The van der Waals surface area contributed by atoms with E-state index in [1.165, 1.54) is 6.07 Å². The second-order valence-electron chi connectivity index (χ2n) is 4.11. The van der Waals surface area contributed by atoms with E-state index in [1.807, 2.05) is 0 Å². The maximum absolute atomic E-state index is 13.7. The molecule has 108 valence electrons. The van der Waals surface area contributed by atoms with E-state index in [0.29, 0.717) is 17.8 Å². The number of H-pyrrole nitrogens is 1. The van der Waals surface area contributed by atoms with Gasteiger partial charge in [-0.1, -0.05) is 6.07 Å². The first-order valence-electron chi connectivity index (χ1n) is 5.90. The largest absolute Gasteiger partial charge is 0.392 e. The Morgan fingerprint density at radius 2 is 2.20 bits per heavy atom. The van der Waals surface area contributed by atoms with Crippen molar-refractivity contribution in [3.63, 3.8) is 0 Å². The van der Waals surface area contributed by atoms with Crippen LogP contribution in [0, 0.1) is 5.82 Å². The first kappa shape index (κ1) is 14.6. The number of sulfonamides is 1. The van der Waals surface area contributed by atoms with Gasteiger partial charge in [-0.3, -0.25) is 0 Å². The van der Waals surface area contributed by atoms with Gasteiger partial charge in [0.2, 0.25) is 10.0 Å². The van der Waals surface area contributed by atoms with Gasteiger partial charge in [0.25, 0.3) is 0 Å². The van der Waals surface area contributed by atoms with Crippen molar-refractivity contribution in [3.8, 4) is 0 Å². The number of aromatic amines is 1. The Labute approximate surface area is 115 Å². The van der Waals surface area contributed by atoms with E-state index in [1.54, 1.807) is 12.4 Å². The maximum Gasteiger partial charge on any atom is 0.243 e. The van der Waals surface area contributed by atoms with Gasteiger partial charge in [-0.15, -0.1) is 0 Å². The lowest BCUT2D eigenvalue weighted by molar-refractivity contribution is 0.281. The number of aliphatic hydroxyl groups excluding tert-OH is 1. The van der Waals surface area contributed by atoms with Crippen molar-refractivity contribution >= 4 is 10.0 Å². The molecule has 0 spiro atoms. The van der Waals surface area contributed by atoms with E-state index < -0.39 is 20.7 Å². The van der Waals surface area contributed by atoms with E-state index in [4.69, 9.17) is 5.11 Å². The van der Waals surface area contributed by atoms with Crippen LogP contribution in [-0.2, 0) is 23.1 Å². The van der Waals surface area contributed by atoms with Crippen molar-refractivity contribution < 1.29 is 17.9 Å². The monoisotopic (exact) mass is 299 g/mol. The molecule has 0 unspecified atom stereocenters. The van der Waals surface area contributed by atoms with E-state index in [-0.39, 0.29) is 13.2 Å². The molecule has 0 atom stereocenters. The number of benzene rings is 1. The van der Waals surface area contributed by atoms with Crippen LogP contribution in [-0.4, -0.2) is 30.0 Å². The number of hydrogen-bond donors (Lipinski definition) is 3. The van der Waals surface area contributed by atoms with Crippen LogP contribution in [0.1, 0.15) is 11.4 Å². The molecule has 0 amide bonds. The van der Waals surface area contributed by atoms with E-state index in [9.17, 15) is 12.8 Å². The molecule has 2 aromatic rings. The Hall–Kier alpha value is -1.77. The fourth-order valence-corrected chi connectivity index (χ4v) is 2.77. The molecule has 1 heterocycles. The van der Waals surface area contributed by atoms with Crippen LogP contribution in [0.2, 0.25) is 0 Å². The van der Waals surface area contributed by atoms with Gasteiger partial charge in [0, 0.05) is 25.4 Å². The number of halogens is 1. The highest BCUT2D eigenvalue weighted by atomic mass is 32.2. The lowest BCUT2D eigenvalue weighted by Gasteiger charge is -2.08. The van der Waals surface area contributed by atoms with Crippen LogP contribution in [0.3, 0.4) is 0 Å². The average molecular weight is 299 g/mol. The highest BCUT2D eigenvalue weighted by Crippen LogP contribution is 2.16. The fraction of sp³-hybridized carbons (Fsp3) is 0.250. The first-order valence-corrected chi connectivity index (χ1v) is 7.38. The minimum Gasteiger partial charge on any atom is -0.392 e. The highest BCUT2D eigenvalue weighted by Gasteiger charge is 2.18. The Kier molecular flexibility index (Phi) is 4.48. The molecule has 8 heteroatoms. The number of nitrogens with zero attached hydrogens (tertiary/aromatic N) is 1. The van der Waals surface area contributed by atoms with Gasteiger partial charge in [0.05, 0.1) is 6.61 Å². The van der Waals surface area contributed by atoms with Gasteiger partial charge >= 0.3 is 0 Å². The zero-order chi connectivity index (χ0) is 14.6. The lowest BCUT2D eigenvalue weighted by Crippen LogP contribution is -2.27. The van der Waals surface area contributed by atoms with Crippen LogP contribution in [0.5, 0.6) is 0 Å². The standard InChI is InChI=1S/C12H14FN3O3S/c13-10-7-9(8-17)1-2-11(10)20(18,19)16-4-3-12-14-5-6-15-12/h1-2,5-7,16-17H,3-4,8H2,(H,14,15). The molecule has 3 N–H and O–H groups in total. The maximum atomic E-state index is 13.7. The van der Waals surface area contributed by atoms with Gasteiger partial charge in [-0.05, 0) is 17.7 Å². The van der Waals surface area contributed by atoms with Crippen molar-refractivity contribution in [3.05, 3.63) is 47.8 Å². The summed E-state index contributed by atoms with van der Waals surface area (Å²) in [7, 11) is -3.92. The minimum atomic E-state index is -3.92. The quantitative estimate of drug-likeness (QED) is 0.726. The molecule has 2 rings (SSSR count). The van der Waals surface area contributed by atoms with E-state index in [2.05, 4.69) is 14.7 Å². The Morgan fingerprint density at radius 1 is 1.40 bits per heavy atom. The van der Waals surface area contributed by atoms with Crippen LogP contribution in [0.4, 0.5) is 4.39 Å². The predicted octanol–water partition coefficient (Wildman–Crippen LogP) is 0.562. The molecule has 0 aliphatic heterocycles. The van der Waals surface area contributed by atoms with Gasteiger partial charge in [-0.2, -0.15) is 0 Å². The number of aliphatic hydroxyl groups is 1. The van der Waals surface area contributed by atoms with Crippen molar-refractivity contribution in [2.24, 2.45) is 0 Å². The summed E-state index contributed by atoms with van der Waals surface area (Å²) in [5.74, 6) is -0.245. The van der Waals surface area contributed by atoms with Gasteiger partial charge < -0.3 is 10.1 Å². The summed E-state index contributed by atoms with van der Waals surface area (Å²) >= 11 is 0. The number of rotatable bonds is 6. The molecular weight excluding hydrogens is 285 g/mol. The number of nitrogens with one attached hydrogen (secondary N) is 2. The molecule has 6 nitrogen and oxygen atoms in total. The Morgan fingerprint density at radius 3 is 2.80 bits per heavy atom. The Balaban J connectivity index is 2.06. The van der Waals surface area contributed by atoms with E-state index >= 15 is 0 Å². The van der Waals surface area contributed by atoms with Crippen molar-refractivity contribution in [1.82, 2.24) is 14.7 Å². The molecule has 1 aromatic carbocycles. The third kappa shape index (κ3) is 3.41. The summed E-state index contributed by atoms with van der Waals surface area (Å²) in [5.41, 5.74) is 0.317. The molecule has 0 aliphatic rings. The van der Waals surface area contributed by atoms with Gasteiger partial charge in [-0.25, -0.2) is 22.5 Å². The molecule has 0 radical (unpaired) electrons. The second kappa shape index (κ2) is 6.12. The summed E-state index contributed by atoms with van der Waals surface area (Å²) in [6, 6.07) is 3.50. The molecule has 0 bridgehead atoms. The molecular formula is C12H14FN3O3S. The summed E-state index contributed by atoms with van der Waals surface area (Å²) in [5, 5.41) is 8.86. The normalized spacial score (nSPS) is 11.7. The molecule has 0 saturated heterocycles. The zero-order valence-electron chi connectivity index (χ0n) is 10.5. The minimum absolute atomic E-state index is 0.108. The first-order chi connectivity index (χ1) is 9.53. The summed E-state index contributed by atoms with van der Waals surface area (Å²) < 4.78 is 39.9. The smallest absolute Gasteiger partial charge is 0.243 e. The van der Waals surface area contributed by atoms with Crippen LogP contribution < -0.4 is 4.72 Å².